The maximum atomic E-state index is 12.9. The van der Waals surface area contributed by atoms with Crippen molar-refractivity contribution >= 4 is 33.1 Å². The number of anilines is 3. The van der Waals surface area contributed by atoms with E-state index >= 15 is 0 Å². The standard InChI is InChI=1S/C23H25N5O3S/c1-16-3-9-20(10-4-16)32(30,31)21-15-25-23(26-22(21)24)28-13-11-27(12-14-28)19-7-5-18(6-8-19)17(2)29/h3-10,15H,11-14H2,1-2H3,(H2,24,25,26). The Morgan fingerprint density at radius 3 is 2.09 bits per heavy atom. The molecule has 1 aliphatic rings. The molecular weight excluding hydrogens is 426 g/mol. The highest BCUT2D eigenvalue weighted by Gasteiger charge is 2.25. The normalized spacial score (nSPS) is 14.4. The molecule has 9 heteroatoms. The number of piperazine rings is 1. The second kappa shape index (κ2) is 8.58. The van der Waals surface area contributed by atoms with Gasteiger partial charge in [-0.1, -0.05) is 17.7 Å². The van der Waals surface area contributed by atoms with Gasteiger partial charge in [-0.05, 0) is 50.2 Å². The van der Waals surface area contributed by atoms with E-state index in [1.165, 1.54) is 6.20 Å². The number of nitrogens with two attached hydrogens (primary N) is 1. The van der Waals surface area contributed by atoms with Crippen molar-refractivity contribution < 1.29 is 13.2 Å². The molecule has 4 rings (SSSR count). The van der Waals surface area contributed by atoms with Crippen molar-refractivity contribution in [1.29, 1.82) is 0 Å². The average Bonchev–Trinajstić information content (AvgIpc) is 2.79. The number of aryl methyl sites for hydroxylation is 1. The minimum atomic E-state index is -3.79. The van der Waals surface area contributed by atoms with Crippen LogP contribution in [0.1, 0.15) is 22.8 Å². The maximum absolute atomic E-state index is 12.9. The summed E-state index contributed by atoms with van der Waals surface area (Å²) in [4.78, 5) is 24.3. The number of benzene rings is 2. The summed E-state index contributed by atoms with van der Waals surface area (Å²) in [6, 6.07) is 14.2. The van der Waals surface area contributed by atoms with Crippen LogP contribution in [0.2, 0.25) is 0 Å². The Morgan fingerprint density at radius 1 is 0.938 bits per heavy atom. The van der Waals surface area contributed by atoms with Gasteiger partial charge in [0.1, 0.15) is 10.7 Å². The van der Waals surface area contributed by atoms with Crippen LogP contribution in [0.4, 0.5) is 17.5 Å². The van der Waals surface area contributed by atoms with Crippen LogP contribution in [0.25, 0.3) is 0 Å². The highest BCUT2D eigenvalue weighted by atomic mass is 32.2. The fraction of sp³-hybridized carbons (Fsp3) is 0.261. The third-order valence-electron chi connectivity index (χ3n) is 5.59. The molecule has 0 atom stereocenters. The molecule has 2 aromatic carbocycles. The lowest BCUT2D eigenvalue weighted by molar-refractivity contribution is 0.101. The molecule has 8 nitrogen and oxygen atoms in total. The predicted octanol–water partition coefficient (Wildman–Crippen LogP) is 2.73. The number of hydrogen-bond donors (Lipinski definition) is 1. The number of sulfone groups is 1. The van der Waals surface area contributed by atoms with Crippen LogP contribution in [0.3, 0.4) is 0 Å². The minimum absolute atomic E-state index is 0.0453. The number of aromatic nitrogens is 2. The highest BCUT2D eigenvalue weighted by Crippen LogP contribution is 2.26. The second-order valence-corrected chi connectivity index (χ2v) is 9.73. The van der Waals surface area contributed by atoms with Crippen LogP contribution in [-0.4, -0.2) is 50.3 Å². The topological polar surface area (TPSA) is 109 Å². The monoisotopic (exact) mass is 451 g/mol. The lowest BCUT2D eigenvalue weighted by Gasteiger charge is -2.36. The Labute approximate surface area is 187 Å². The first-order chi connectivity index (χ1) is 15.3. The third-order valence-corrected chi connectivity index (χ3v) is 7.38. The van der Waals surface area contributed by atoms with E-state index in [4.69, 9.17) is 5.73 Å². The minimum Gasteiger partial charge on any atom is -0.382 e. The van der Waals surface area contributed by atoms with Gasteiger partial charge in [-0.15, -0.1) is 0 Å². The first-order valence-electron chi connectivity index (χ1n) is 10.3. The Hall–Kier alpha value is -3.46. The molecule has 0 saturated carbocycles. The van der Waals surface area contributed by atoms with E-state index < -0.39 is 9.84 Å². The number of carbonyl (C=O) groups excluding carboxylic acids is 1. The number of nitrogen functional groups attached to an aromatic ring is 1. The first kappa shape index (κ1) is 21.8. The van der Waals surface area contributed by atoms with Gasteiger partial charge in [0, 0.05) is 37.4 Å². The fourth-order valence-electron chi connectivity index (χ4n) is 3.65. The molecule has 0 spiro atoms. The Kier molecular flexibility index (Phi) is 5.84. The van der Waals surface area contributed by atoms with Crippen LogP contribution in [0, 0.1) is 6.92 Å². The van der Waals surface area contributed by atoms with Crippen molar-refractivity contribution in [2.24, 2.45) is 0 Å². The molecule has 0 radical (unpaired) electrons. The van der Waals surface area contributed by atoms with Crippen molar-refractivity contribution in [3.05, 3.63) is 65.9 Å². The molecule has 3 aromatic rings. The number of hydrogen-bond acceptors (Lipinski definition) is 8. The van der Waals surface area contributed by atoms with Crippen LogP contribution in [-0.2, 0) is 9.84 Å². The molecular formula is C23H25N5O3S. The van der Waals surface area contributed by atoms with Gasteiger partial charge in [-0.3, -0.25) is 4.79 Å². The molecule has 2 N–H and O–H groups in total. The summed E-state index contributed by atoms with van der Waals surface area (Å²) in [6.07, 6.45) is 1.29. The molecule has 166 valence electrons. The number of nitrogens with zero attached hydrogens (tertiary/aromatic N) is 4. The predicted molar refractivity (Wildman–Crippen MR) is 124 cm³/mol. The van der Waals surface area contributed by atoms with E-state index in [2.05, 4.69) is 14.9 Å². The van der Waals surface area contributed by atoms with Crippen LogP contribution < -0.4 is 15.5 Å². The van der Waals surface area contributed by atoms with E-state index in [0.717, 1.165) is 24.3 Å². The van der Waals surface area contributed by atoms with Crippen molar-refractivity contribution in [3.8, 4) is 0 Å². The van der Waals surface area contributed by atoms with Gasteiger partial charge < -0.3 is 15.5 Å². The number of carbonyl (C=O) groups is 1. The Bertz CT molecular complexity index is 1230. The van der Waals surface area contributed by atoms with Gasteiger partial charge in [-0.2, -0.15) is 4.98 Å². The van der Waals surface area contributed by atoms with Crippen molar-refractivity contribution in [3.63, 3.8) is 0 Å². The molecule has 1 fully saturated rings. The van der Waals surface area contributed by atoms with Crippen LogP contribution in [0.15, 0.2) is 64.5 Å². The van der Waals surface area contributed by atoms with Crippen molar-refractivity contribution in [1.82, 2.24) is 9.97 Å². The van der Waals surface area contributed by atoms with Crippen LogP contribution in [0.5, 0.6) is 0 Å². The van der Waals surface area contributed by atoms with Crippen molar-refractivity contribution in [2.45, 2.75) is 23.6 Å². The SMILES string of the molecule is CC(=O)c1ccc(N2CCN(c3ncc(S(=O)(=O)c4ccc(C)cc4)c(N)n3)CC2)cc1. The first-order valence-corrected chi connectivity index (χ1v) is 11.8. The Morgan fingerprint density at radius 2 is 1.53 bits per heavy atom. The molecule has 2 heterocycles. The van der Waals surface area contributed by atoms with Crippen molar-refractivity contribution in [2.75, 3.05) is 41.7 Å². The maximum Gasteiger partial charge on any atom is 0.227 e. The van der Waals surface area contributed by atoms with E-state index in [1.54, 1.807) is 31.2 Å². The molecule has 0 unspecified atom stereocenters. The summed E-state index contributed by atoms with van der Waals surface area (Å²) in [5, 5.41) is 0. The molecule has 1 aliphatic heterocycles. The summed E-state index contributed by atoms with van der Waals surface area (Å²) < 4.78 is 25.8. The molecule has 0 amide bonds. The van der Waals surface area contributed by atoms with E-state index in [0.29, 0.717) is 24.6 Å². The molecule has 1 aromatic heterocycles. The summed E-state index contributed by atoms with van der Waals surface area (Å²) in [7, 11) is -3.79. The third kappa shape index (κ3) is 4.29. The number of Topliss-reactive ketones (excluding diaryl/α,β-unsaturated/α-hetero) is 1. The molecule has 1 saturated heterocycles. The zero-order valence-corrected chi connectivity index (χ0v) is 18.8. The summed E-state index contributed by atoms with van der Waals surface area (Å²) in [5.74, 6) is 0.402. The van der Waals surface area contributed by atoms with Gasteiger partial charge in [0.2, 0.25) is 15.8 Å². The van der Waals surface area contributed by atoms with Gasteiger partial charge >= 0.3 is 0 Å². The van der Waals surface area contributed by atoms with E-state index in [-0.39, 0.29) is 21.4 Å². The average molecular weight is 452 g/mol. The van der Waals surface area contributed by atoms with Gasteiger partial charge in [-0.25, -0.2) is 13.4 Å². The van der Waals surface area contributed by atoms with E-state index in [1.807, 2.05) is 36.1 Å². The quantitative estimate of drug-likeness (QED) is 0.590. The van der Waals surface area contributed by atoms with E-state index in [9.17, 15) is 13.2 Å². The summed E-state index contributed by atoms with van der Waals surface area (Å²) in [5.41, 5.74) is 8.76. The van der Waals surface area contributed by atoms with Gasteiger partial charge in [0.15, 0.2) is 5.78 Å². The molecule has 0 bridgehead atoms. The van der Waals surface area contributed by atoms with Gasteiger partial charge in [0.05, 0.1) is 11.1 Å². The van der Waals surface area contributed by atoms with Gasteiger partial charge in [0.25, 0.3) is 0 Å². The molecule has 0 aliphatic carbocycles. The zero-order valence-electron chi connectivity index (χ0n) is 18.0. The number of ketones is 1. The van der Waals surface area contributed by atoms with Crippen LogP contribution >= 0.6 is 0 Å². The molecule has 32 heavy (non-hydrogen) atoms. The zero-order chi connectivity index (χ0) is 22.9. The summed E-state index contributed by atoms with van der Waals surface area (Å²) >= 11 is 0. The largest absolute Gasteiger partial charge is 0.382 e. The lowest BCUT2D eigenvalue weighted by Crippen LogP contribution is -2.47. The summed E-state index contributed by atoms with van der Waals surface area (Å²) in [6.45, 7) is 6.26. The highest BCUT2D eigenvalue weighted by molar-refractivity contribution is 7.91. The number of rotatable bonds is 5. The fourth-order valence-corrected chi connectivity index (χ4v) is 4.91. The lowest BCUT2D eigenvalue weighted by atomic mass is 10.1. The Balaban J connectivity index is 1.47. The smallest absolute Gasteiger partial charge is 0.227 e. The second-order valence-electron chi connectivity index (χ2n) is 7.81.